The van der Waals surface area contributed by atoms with Crippen molar-refractivity contribution in [2.75, 3.05) is 13.7 Å². The lowest BCUT2D eigenvalue weighted by atomic mass is 10.1. The molecule has 1 aliphatic carbocycles. The van der Waals surface area contributed by atoms with Crippen molar-refractivity contribution in [1.82, 2.24) is 35.2 Å². The van der Waals surface area contributed by atoms with Gasteiger partial charge in [-0.05, 0) is 36.3 Å². The van der Waals surface area contributed by atoms with E-state index >= 15 is 0 Å². The molecule has 0 saturated heterocycles. The van der Waals surface area contributed by atoms with Crippen molar-refractivity contribution in [2.24, 2.45) is 5.92 Å². The molecule has 0 N–H and O–H groups in total. The molecule has 9 nitrogen and oxygen atoms in total. The minimum absolute atomic E-state index is 0.121. The molecule has 2 atom stereocenters. The van der Waals surface area contributed by atoms with Gasteiger partial charge in [0, 0.05) is 29.3 Å². The molecule has 4 aromatic rings. The topological polar surface area (TPSA) is 101 Å². The summed E-state index contributed by atoms with van der Waals surface area (Å²) in [7, 11) is 1.62. The number of benzene rings is 1. The largest absolute Gasteiger partial charge is 0.495 e. The quantitative estimate of drug-likeness (QED) is 0.384. The summed E-state index contributed by atoms with van der Waals surface area (Å²) in [5.74, 6) is 2.66. The normalized spacial score (nSPS) is 17.1. The second kappa shape index (κ2) is 9.08. The van der Waals surface area contributed by atoms with Gasteiger partial charge in [-0.15, -0.1) is 10.2 Å². The summed E-state index contributed by atoms with van der Waals surface area (Å²) in [4.78, 5) is 13.5. The number of nitrogens with zero attached hydrogens (tertiary/aromatic N) is 7. The Hall–Kier alpha value is -4.02. The highest BCUT2D eigenvalue weighted by Crippen LogP contribution is 2.47. The summed E-state index contributed by atoms with van der Waals surface area (Å²) in [5.41, 5.74) is 3.16. The maximum atomic E-state index is 12.7. The number of hydrogen-bond acceptors (Lipinski definition) is 8. The number of methoxy groups -OCH3 is 1. The van der Waals surface area contributed by atoms with Crippen molar-refractivity contribution < 1.29 is 18.3 Å². The van der Waals surface area contributed by atoms with Crippen molar-refractivity contribution in [1.29, 1.82) is 0 Å². The maximum Gasteiger partial charge on any atom is 0.350 e. The Balaban J connectivity index is 1.29. The molecule has 0 radical (unpaired) electrons. The van der Waals surface area contributed by atoms with Crippen molar-refractivity contribution >= 4 is 0 Å². The van der Waals surface area contributed by atoms with Crippen molar-refractivity contribution in [3.63, 3.8) is 0 Å². The first-order valence-corrected chi connectivity index (χ1v) is 10.7. The number of tetrazole rings is 1. The summed E-state index contributed by atoms with van der Waals surface area (Å²) in [5, 5.41) is 10.7. The highest BCUT2D eigenvalue weighted by Gasteiger charge is 2.40. The monoisotopic (exact) mass is 465 g/mol. The van der Waals surface area contributed by atoms with Crippen LogP contribution in [0.5, 0.6) is 11.6 Å². The van der Waals surface area contributed by atoms with E-state index < -0.39 is 6.55 Å². The number of hydrogen-bond donors (Lipinski definition) is 0. The molecule has 1 aliphatic rings. The predicted molar refractivity (Wildman–Crippen MR) is 117 cm³/mol. The first kappa shape index (κ1) is 21.8. The van der Waals surface area contributed by atoms with Gasteiger partial charge in [-0.2, -0.15) is 13.8 Å². The van der Waals surface area contributed by atoms with Gasteiger partial charge in [0.2, 0.25) is 11.7 Å². The molecule has 0 spiro atoms. The summed E-state index contributed by atoms with van der Waals surface area (Å²) in [6.07, 6.45) is 4.44. The van der Waals surface area contributed by atoms with E-state index in [-0.39, 0.29) is 10.6 Å². The molecule has 3 aromatic heterocycles. The van der Waals surface area contributed by atoms with Crippen molar-refractivity contribution in [3.05, 3.63) is 60.3 Å². The molecule has 2 unspecified atom stereocenters. The average Bonchev–Trinajstić information content (AvgIpc) is 3.46. The molecular weight excluding hydrogens is 444 g/mol. The Morgan fingerprint density at radius 2 is 1.85 bits per heavy atom. The molecular formula is C23H21F2N7O2. The Labute approximate surface area is 193 Å². The molecule has 3 heterocycles. The van der Waals surface area contributed by atoms with Crippen LogP contribution in [0.1, 0.15) is 30.4 Å². The van der Waals surface area contributed by atoms with Crippen molar-refractivity contribution in [3.8, 4) is 34.1 Å². The SMILES string of the molecule is COc1ccc(C2CC2COc2nc(C)ncc2-c2ccc(-c3nnn(C(F)F)n3)cc2)nc1. The van der Waals surface area contributed by atoms with Gasteiger partial charge in [0.15, 0.2) is 0 Å². The Morgan fingerprint density at radius 3 is 2.53 bits per heavy atom. The van der Waals surface area contributed by atoms with Gasteiger partial charge in [-0.3, -0.25) is 4.98 Å². The fourth-order valence-corrected chi connectivity index (χ4v) is 3.69. The zero-order valence-electron chi connectivity index (χ0n) is 18.5. The molecule has 0 bridgehead atoms. The second-order valence-corrected chi connectivity index (χ2v) is 7.96. The molecule has 5 rings (SSSR count). The van der Waals surface area contributed by atoms with E-state index in [0.717, 1.165) is 29.0 Å². The summed E-state index contributed by atoms with van der Waals surface area (Å²) in [6.45, 7) is -0.518. The van der Waals surface area contributed by atoms with E-state index in [1.807, 2.05) is 24.3 Å². The fourth-order valence-electron chi connectivity index (χ4n) is 3.69. The Morgan fingerprint density at radius 1 is 1.06 bits per heavy atom. The number of alkyl halides is 2. The van der Waals surface area contributed by atoms with Gasteiger partial charge in [0.1, 0.15) is 11.6 Å². The van der Waals surface area contributed by atoms with Crippen LogP contribution in [-0.4, -0.2) is 48.9 Å². The lowest BCUT2D eigenvalue weighted by Gasteiger charge is -2.11. The Kier molecular flexibility index (Phi) is 5.83. The number of aryl methyl sites for hydroxylation is 1. The number of rotatable bonds is 8. The zero-order valence-corrected chi connectivity index (χ0v) is 18.5. The predicted octanol–water partition coefficient (Wildman–Crippen LogP) is 4.09. The van der Waals surface area contributed by atoms with E-state index in [4.69, 9.17) is 9.47 Å². The molecule has 174 valence electrons. The van der Waals surface area contributed by atoms with Gasteiger partial charge < -0.3 is 9.47 Å². The second-order valence-electron chi connectivity index (χ2n) is 7.96. The molecule has 0 aliphatic heterocycles. The first-order chi connectivity index (χ1) is 16.5. The summed E-state index contributed by atoms with van der Waals surface area (Å²) in [6, 6.07) is 11.0. The van der Waals surface area contributed by atoms with Gasteiger partial charge in [0.25, 0.3) is 0 Å². The van der Waals surface area contributed by atoms with Gasteiger partial charge in [-0.25, -0.2) is 4.98 Å². The molecule has 0 amide bonds. The minimum atomic E-state index is -2.84. The third-order valence-electron chi connectivity index (χ3n) is 5.66. The van der Waals surface area contributed by atoms with Gasteiger partial charge in [0.05, 0.1) is 25.5 Å². The van der Waals surface area contributed by atoms with Crippen LogP contribution in [0.2, 0.25) is 0 Å². The van der Waals surface area contributed by atoms with E-state index in [1.165, 1.54) is 0 Å². The number of aromatic nitrogens is 7. The average molecular weight is 465 g/mol. The highest BCUT2D eigenvalue weighted by atomic mass is 19.3. The lowest BCUT2D eigenvalue weighted by Crippen LogP contribution is -2.05. The molecule has 1 aromatic carbocycles. The van der Waals surface area contributed by atoms with E-state index in [1.54, 1.807) is 38.6 Å². The third kappa shape index (κ3) is 4.54. The standard InChI is InChI=1S/C23H21F2N7O2/c1-13-26-11-19(14-3-5-15(6-4-14)21-29-31-32(30-21)23(24)25)22(28-13)34-12-16-9-18(16)20-8-7-17(33-2)10-27-20/h3-8,10-11,16,18,23H,9,12H2,1-2H3. The zero-order chi connectivity index (χ0) is 23.7. The summed E-state index contributed by atoms with van der Waals surface area (Å²) >= 11 is 0. The van der Waals surface area contributed by atoms with Crippen LogP contribution in [0, 0.1) is 12.8 Å². The van der Waals surface area contributed by atoms with Crippen LogP contribution in [0.25, 0.3) is 22.5 Å². The van der Waals surface area contributed by atoms with E-state index in [0.29, 0.717) is 35.7 Å². The maximum absolute atomic E-state index is 12.7. The van der Waals surface area contributed by atoms with Gasteiger partial charge in [-0.1, -0.05) is 29.1 Å². The van der Waals surface area contributed by atoms with Crippen LogP contribution in [-0.2, 0) is 0 Å². The number of pyridine rings is 1. The fraction of sp³-hybridized carbons (Fsp3) is 0.304. The summed E-state index contributed by atoms with van der Waals surface area (Å²) < 4.78 is 36.7. The number of ether oxygens (including phenoxy) is 2. The van der Waals surface area contributed by atoms with Crippen LogP contribution < -0.4 is 9.47 Å². The smallest absolute Gasteiger partial charge is 0.350 e. The minimum Gasteiger partial charge on any atom is -0.495 e. The van der Waals surface area contributed by atoms with Gasteiger partial charge >= 0.3 is 6.55 Å². The first-order valence-electron chi connectivity index (χ1n) is 10.7. The molecule has 1 saturated carbocycles. The van der Waals surface area contributed by atoms with Crippen LogP contribution >= 0.6 is 0 Å². The third-order valence-corrected chi connectivity index (χ3v) is 5.66. The van der Waals surface area contributed by atoms with Crippen molar-refractivity contribution in [2.45, 2.75) is 25.8 Å². The Bertz CT molecular complexity index is 1280. The molecule has 11 heteroatoms. The van der Waals surface area contributed by atoms with E-state index in [9.17, 15) is 8.78 Å². The molecule has 1 fully saturated rings. The van der Waals surface area contributed by atoms with Crippen LogP contribution in [0.15, 0.2) is 48.8 Å². The van der Waals surface area contributed by atoms with Crippen LogP contribution in [0.4, 0.5) is 8.78 Å². The molecule has 34 heavy (non-hydrogen) atoms. The van der Waals surface area contributed by atoms with E-state index in [2.05, 4.69) is 30.4 Å². The highest BCUT2D eigenvalue weighted by molar-refractivity contribution is 5.70. The van der Waals surface area contributed by atoms with Crippen LogP contribution in [0.3, 0.4) is 0 Å². The number of halogens is 2. The lowest BCUT2D eigenvalue weighted by molar-refractivity contribution is 0.0397.